The van der Waals surface area contributed by atoms with E-state index in [0.29, 0.717) is 21.8 Å². The van der Waals surface area contributed by atoms with Crippen LogP contribution < -0.4 is 10.2 Å². The molecule has 2 aromatic heterocycles. The second kappa shape index (κ2) is 10.3. The number of fused-ring (bicyclic) bond motifs is 6. The van der Waals surface area contributed by atoms with Gasteiger partial charge in [-0.15, -0.1) is 0 Å². The van der Waals surface area contributed by atoms with Crippen LogP contribution in [0.5, 0.6) is 11.5 Å². The molecule has 0 saturated carbocycles. The van der Waals surface area contributed by atoms with Crippen LogP contribution in [0.4, 0.5) is 0 Å². The van der Waals surface area contributed by atoms with E-state index in [-0.39, 0.29) is 45.9 Å². The molecule has 0 aliphatic carbocycles. The largest absolute Gasteiger partial charge is 2.00 e. The van der Waals surface area contributed by atoms with Crippen LogP contribution in [0.3, 0.4) is 0 Å². The molecule has 0 unspecified atom stereocenters. The Bertz CT molecular complexity index is 1700. The number of carboxylic acid groups (broad SMARTS) is 2. The zero-order chi connectivity index (χ0) is 25.4. The van der Waals surface area contributed by atoms with Crippen molar-refractivity contribution in [1.82, 2.24) is 9.97 Å². The molecule has 0 saturated heterocycles. The molecule has 0 bridgehead atoms. The fourth-order valence-electron chi connectivity index (χ4n) is 4.10. The second-order valence-corrected chi connectivity index (χ2v) is 7.99. The number of aromatic carboxylic acids is 2. The van der Waals surface area contributed by atoms with Gasteiger partial charge in [0.1, 0.15) is 11.5 Å². The minimum atomic E-state index is -1.33. The standard InChI is InChI=1S/2C14H9NO3.Mg/c2*16-11-3-1-2-8-4-5-9-6-7-10(14(17)18)15-13(9)12(8)11;/h2*1-7,16H,(H,17,18);/q;;+2/p-2. The summed E-state index contributed by atoms with van der Waals surface area (Å²) in [5, 5.41) is 45.7. The van der Waals surface area contributed by atoms with Crippen molar-refractivity contribution in [3.63, 3.8) is 0 Å². The Morgan fingerprint density at radius 1 is 0.541 bits per heavy atom. The number of phenolic OH excluding ortho intramolecular Hbond substituents is 2. The van der Waals surface area contributed by atoms with Gasteiger partial charge in [-0.25, -0.2) is 9.97 Å². The number of aromatic nitrogens is 2. The molecule has 0 spiro atoms. The fourth-order valence-corrected chi connectivity index (χ4v) is 4.10. The van der Waals surface area contributed by atoms with Gasteiger partial charge in [0.15, 0.2) is 0 Å². The maximum atomic E-state index is 10.8. The normalized spacial score (nSPS) is 10.6. The zero-order valence-corrected chi connectivity index (χ0v) is 20.6. The van der Waals surface area contributed by atoms with Gasteiger partial charge in [-0.3, -0.25) is 0 Å². The first-order valence-electron chi connectivity index (χ1n) is 10.8. The Morgan fingerprint density at radius 2 is 0.892 bits per heavy atom. The molecular weight excluding hydrogens is 485 g/mol. The molecule has 6 rings (SSSR count). The molecule has 9 heteroatoms. The van der Waals surface area contributed by atoms with Gasteiger partial charge in [0, 0.05) is 21.5 Å². The summed E-state index contributed by atoms with van der Waals surface area (Å²) >= 11 is 0. The van der Waals surface area contributed by atoms with Gasteiger partial charge in [0.25, 0.3) is 0 Å². The van der Waals surface area contributed by atoms with Gasteiger partial charge in [0.05, 0.1) is 34.4 Å². The van der Waals surface area contributed by atoms with Crippen molar-refractivity contribution in [2.24, 2.45) is 0 Å². The zero-order valence-electron chi connectivity index (χ0n) is 19.2. The number of rotatable bonds is 2. The third-order valence-corrected chi connectivity index (χ3v) is 5.78. The molecule has 176 valence electrons. The van der Waals surface area contributed by atoms with Gasteiger partial charge in [0.2, 0.25) is 0 Å². The number of aromatic hydroxyl groups is 2. The number of carboxylic acids is 2. The molecule has 0 radical (unpaired) electrons. The summed E-state index contributed by atoms with van der Waals surface area (Å²) in [6.45, 7) is 0. The van der Waals surface area contributed by atoms with Gasteiger partial charge < -0.3 is 30.0 Å². The van der Waals surface area contributed by atoms with Crippen LogP contribution in [-0.4, -0.2) is 55.2 Å². The van der Waals surface area contributed by atoms with E-state index < -0.39 is 11.9 Å². The van der Waals surface area contributed by atoms with Crippen LogP contribution in [-0.2, 0) is 0 Å². The number of carbonyl (C=O) groups is 2. The van der Waals surface area contributed by atoms with E-state index >= 15 is 0 Å². The van der Waals surface area contributed by atoms with E-state index in [0.717, 1.165) is 21.5 Å². The van der Waals surface area contributed by atoms with Crippen molar-refractivity contribution < 1.29 is 30.0 Å². The Kier molecular flexibility index (Phi) is 7.10. The average Bonchev–Trinajstić information content (AvgIpc) is 2.88. The number of benzene rings is 4. The third-order valence-electron chi connectivity index (χ3n) is 5.78. The van der Waals surface area contributed by atoms with Crippen LogP contribution in [0.25, 0.3) is 43.4 Å². The molecule has 6 aromatic rings. The van der Waals surface area contributed by atoms with Gasteiger partial charge >= 0.3 is 23.1 Å². The van der Waals surface area contributed by atoms with Crippen molar-refractivity contribution in [2.45, 2.75) is 0 Å². The van der Waals surface area contributed by atoms with E-state index in [1.807, 2.05) is 36.4 Å². The predicted molar refractivity (Wildman–Crippen MR) is 136 cm³/mol. The first-order chi connectivity index (χ1) is 17.3. The molecule has 0 amide bonds. The molecule has 8 nitrogen and oxygen atoms in total. The molecule has 4 aromatic carbocycles. The Balaban J connectivity index is 0.000000168. The van der Waals surface area contributed by atoms with Crippen LogP contribution in [0.2, 0.25) is 0 Å². The number of phenols is 2. The van der Waals surface area contributed by atoms with Crippen molar-refractivity contribution in [3.8, 4) is 11.5 Å². The molecular formula is C28H16MgN2O6. The summed E-state index contributed by atoms with van der Waals surface area (Å²) in [6.07, 6.45) is 0. The van der Waals surface area contributed by atoms with E-state index in [1.165, 1.54) is 12.1 Å². The van der Waals surface area contributed by atoms with E-state index in [1.54, 1.807) is 36.4 Å². The van der Waals surface area contributed by atoms with E-state index in [9.17, 15) is 30.0 Å². The number of pyridine rings is 2. The summed E-state index contributed by atoms with van der Waals surface area (Å²) in [6, 6.07) is 23.7. The van der Waals surface area contributed by atoms with Crippen molar-refractivity contribution >= 4 is 78.3 Å². The van der Waals surface area contributed by atoms with Crippen molar-refractivity contribution in [1.29, 1.82) is 0 Å². The van der Waals surface area contributed by atoms with Gasteiger partial charge in [-0.05, 0) is 35.0 Å². The average molecular weight is 501 g/mol. The second-order valence-electron chi connectivity index (χ2n) is 7.99. The first-order valence-corrected chi connectivity index (χ1v) is 10.8. The summed E-state index contributed by atoms with van der Waals surface area (Å²) < 4.78 is 0. The minimum Gasteiger partial charge on any atom is -0.543 e. The molecule has 2 heterocycles. The number of carbonyl (C=O) groups excluding carboxylic acids is 2. The van der Waals surface area contributed by atoms with Crippen molar-refractivity contribution in [2.75, 3.05) is 0 Å². The predicted octanol–water partition coefficient (Wildman–Crippen LogP) is 2.53. The summed E-state index contributed by atoms with van der Waals surface area (Å²) in [5.41, 5.74) is 0.649. The molecule has 0 fully saturated rings. The Hall–Kier alpha value is -4.47. The van der Waals surface area contributed by atoms with Crippen LogP contribution in [0, 0.1) is 0 Å². The smallest absolute Gasteiger partial charge is 0.543 e. The number of hydrogen-bond donors (Lipinski definition) is 2. The quantitative estimate of drug-likeness (QED) is 0.272. The minimum absolute atomic E-state index is 0. The van der Waals surface area contributed by atoms with E-state index in [2.05, 4.69) is 9.97 Å². The molecule has 0 aliphatic heterocycles. The molecule has 37 heavy (non-hydrogen) atoms. The van der Waals surface area contributed by atoms with Crippen molar-refractivity contribution in [3.05, 3.63) is 96.3 Å². The van der Waals surface area contributed by atoms with Crippen LogP contribution in [0.15, 0.2) is 84.9 Å². The molecule has 0 atom stereocenters. The van der Waals surface area contributed by atoms with Crippen LogP contribution >= 0.6 is 0 Å². The summed E-state index contributed by atoms with van der Waals surface area (Å²) in [7, 11) is 0. The topological polar surface area (TPSA) is 146 Å². The fraction of sp³-hybridized carbons (Fsp3) is 0. The van der Waals surface area contributed by atoms with Gasteiger partial charge in [-0.2, -0.15) is 0 Å². The summed E-state index contributed by atoms with van der Waals surface area (Å²) in [5.74, 6) is -2.49. The number of nitrogens with zero attached hydrogens (tertiary/aromatic N) is 2. The maximum absolute atomic E-state index is 10.8. The SMILES string of the molecule is O=C([O-])c1ccc2ccc3cccc(O)c3c2n1.O=C([O-])c1ccc2ccc3cccc(O)c3c2n1.[Mg+2]. The van der Waals surface area contributed by atoms with Gasteiger partial charge in [-0.1, -0.05) is 60.7 Å². The number of hydrogen-bond acceptors (Lipinski definition) is 8. The third kappa shape index (κ3) is 4.82. The Morgan fingerprint density at radius 3 is 1.27 bits per heavy atom. The summed E-state index contributed by atoms with van der Waals surface area (Å²) in [4.78, 5) is 29.7. The molecule has 2 N–H and O–H groups in total. The Labute approximate surface area is 225 Å². The van der Waals surface area contributed by atoms with E-state index in [4.69, 9.17) is 0 Å². The van der Waals surface area contributed by atoms with Crippen LogP contribution in [0.1, 0.15) is 21.0 Å². The monoisotopic (exact) mass is 500 g/mol. The first kappa shape index (κ1) is 25.6. The maximum Gasteiger partial charge on any atom is 2.00 e. The molecule has 0 aliphatic rings.